The molecule has 146 valence electrons. The lowest BCUT2D eigenvalue weighted by molar-refractivity contribution is -0.114. The van der Waals surface area contributed by atoms with Crippen LogP contribution in [0.5, 0.6) is 0 Å². The number of nitrogens with zero attached hydrogens (tertiary/aromatic N) is 4. The summed E-state index contributed by atoms with van der Waals surface area (Å²) in [6.07, 6.45) is 6.62. The van der Waals surface area contributed by atoms with E-state index in [1.165, 1.54) is 12.4 Å². The van der Waals surface area contributed by atoms with Gasteiger partial charge in [0.2, 0.25) is 0 Å². The highest BCUT2D eigenvalue weighted by Gasteiger charge is 2.11. The first-order valence-electron chi connectivity index (χ1n) is 9.08. The first-order chi connectivity index (χ1) is 14.6. The van der Waals surface area contributed by atoms with Crippen LogP contribution >= 0.6 is 0 Å². The molecule has 8 nitrogen and oxygen atoms in total. The smallest absolute Gasteiger partial charge is 0.259 e. The Morgan fingerprint density at radius 3 is 2.83 bits per heavy atom. The number of anilines is 1. The summed E-state index contributed by atoms with van der Waals surface area (Å²) in [6, 6.07) is 13.2. The van der Waals surface area contributed by atoms with Crippen molar-refractivity contribution in [2.75, 3.05) is 12.4 Å². The number of carbonyl (C=O) groups is 1. The molecule has 4 aromatic rings. The van der Waals surface area contributed by atoms with Gasteiger partial charge in [0.25, 0.3) is 5.91 Å². The number of primary amides is 1. The highest BCUT2D eigenvalue weighted by atomic mass is 16.1. The summed E-state index contributed by atoms with van der Waals surface area (Å²) in [6.45, 7) is 0. The number of nitrogens with one attached hydrogen (secondary N) is 2. The largest absolute Gasteiger partial charge is 0.373 e. The van der Waals surface area contributed by atoms with Gasteiger partial charge in [-0.1, -0.05) is 18.2 Å². The van der Waals surface area contributed by atoms with Crippen molar-refractivity contribution in [3.05, 3.63) is 66.3 Å². The van der Waals surface area contributed by atoms with E-state index in [2.05, 4.69) is 25.3 Å². The molecule has 4 rings (SSSR count). The summed E-state index contributed by atoms with van der Waals surface area (Å²) in [5, 5.41) is 13.0. The van der Waals surface area contributed by atoms with Crippen molar-refractivity contribution in [2.45, 2.75) is 0 Å². The molecule has 0 unspecified atom stereocenters. The third kappa shape index (κ3) is 3.59. The average Bonchev–Trinajstić information content (AvgIpc) is 3.20. The third-order valence-electron chi connectivity index (χ3n) is 4.65. The minimum atomic E-state index is -0.756. The van der Waals surface area contributed by atoms with E-state index in [1.54, 1.807) is 19.3 Å². The molecular weight excluding hydrogens is 378 g/mol. The van der Waals surface area contributed by atoms with Crippen LogP contribution in [0.15, 0.2) is 60.7 Å². The van der Waals surface area contributed by atoms with Crippen LogP contribution in [0.4, 0.5) is 5.82 Å². The Labute approximate surface area is 172 Å². The van der Waals surface area contributed by atoms with Crippen molar-refractivity contribution in [1.29, 1.82) is 5.26 Å². The lowest BCUT2D eigenvalue weighted by Gasteiger charge is -2.05. The number of aromatic nitrogens is 4. The molecule has 30 heavy (non-hydrogen) atoms. The number of hydrogen-bond donors (Lipinski definition) is 3. The SMILES string of the molecule is CNc1cc(-c2c[nH]c3ncc(-c4cccc(/C=C(\C#N)C(N)=O)c4)cc23)ncn1. The summed E-state index contributed by atoms with van der Waals surface area (Å²) < 4.78 is 0. The van der Waals surface area contributed by atoms with E-state index in [1.807, 2.05) is 42.6 Å². The highest BCUT2D eigenvalue weighted by molar-refractivity contribution is 6.00. The number of nitriles is 1. The Morgan fingerprint density at radius 1 is 1.20 bits per heavy atom. The van der Waals surface area contributed by atoms with Gasteiger partial charge in [-0.05, 0) is 29.3 Å². The van der Waals surface area contributed by atoms with Crippen LogP contribution < -0.4 is 11.1 Å². The van der Waals surface area contributed by atoms with E-state index in [0.717, 1.165) is 39.2 Å². The fourth-order valence-corrected chi connectivity index (χ4v) is 3.15. The number of pyridine rings is 1. The topological polar surface area (TPSA) is 133 Å². The molecule has 0 bridgehead atoms. The van der Waals surface area contributed by atoms with Gasteiger partial charge in [0.05, 0.1) is 5.69 Å². The molecule has 0 saturated heterocycles. The molecular formula is C22H17N7O. The Kier molecular flexibility index (Phi) is 4.93. The molecule has 3 aromatic heterocycles. The fourth-order valence-electron chi connectivity index (χ4n) is 3.15. The molecule has 0 aliphatic rings. The van der Waals surface area contributed by atoms with Crippen molar-refractivity contribution in [2.24, 2.45) is 5.73 Å². The minimum Gasteiger partial charge on any atom is -0.373 e. The van der Waals surface area contributed by atoms with Gasteiger partial charge < -0.3 is 16.0 Å². The monoisotopic (exact) mass is 395 g/mol. The highest BCUT2D eigenvalue weighted by Crippen LogP contribution is 2.31. The predicted octanol–water partition coefficient (Wildman–Crippen LogP) is 3.12. The number of H-pyrrole nitrogens is 1. The van der Waals surface area contributed by atoms with Crippen LogP contribution in [-0.2, 0) is 4.79 Å². The van der Waals surface area contributed by atoms with Gasteiger partial charge >= 0.3 is 0 Å². The summed E-state index contributed by atoms with van der Waals surface area (Å²) in [5.41, 5.74) is 10.0. The van der Waals surface area contributed by atoms with Gasteiger partial charge in [-0.25, -0.2) is 15.0 Å². The van der Waals surface area contributed by atoms with E-state index < -0.39 is 5.91 Å². The van der Waals surface area contributed by atoms with Crippen LogP contribution in [0.3, 0.4) is 0 Å². The van der Waals surface area contributed by atoms with Crippen LogP contribution in [0.1, 0.15) is 5.56 Å². The van der Waals surface area contributed by atoms with Crippen LogP contribution in [0.2, 0.25) is 0 Å². The summed E-state index contributed by atoms with van der Waals surface area (Å²) in [4.78, 5) is 27.6. The Hall–Kier alpha value is -4.51. The molecule has 1 amide bonds. The number of nitrogens with two attached hydrogens (primary N) is 1. The number of aromatic amines is 1. The molecule has 0 aliphatic carbocycles. The van der Waals surface area contributed by atoms with E-state index in [4.69, 9.17) is 11.0 Å². The van der Waals surface area contributed by atoms with Crippen LogP contribution in [0, 0.1) is 11.3 Å². The average molecular weight is 395 g/mol. The molecule has 3 heterocycles. The first-order valence-corrected chi connectivity index (χ1v) is 9.08. The number of hydrogen-bond acceptors (Lipinski definition) is 6. The number of rotatable bonds is 5. The Morgan fingerprint density at radius 2 is 2.07 bits per heavy atom. The van der Waals surface area contributed by atoms with E-state index in [-0.39, 0.29) is 5.57 Å². The molecule has 0 fully saturated rings. The lowest BCUT2D eigenvalue weighted by atomic mass is 10.0. The molecule has 8 heteroatoms. The standard InChI is InChI=1S/C22H17N7O/c1-25-20-8-19(28-12-29-20)18-11-27-22-17(18)7-16(10-26-22)14-4-2-3-13(5-14)6-15(9-23)21(24)30/h2-8,10-12H,1H3,(H2,24,30)(H,26,27)(H,25,28,29)/b15-6+. The zero-order valence-corrected chi connectivity index (χ0v) is 16.0. The minimum absolute atomic E-state index is 0.0993. The normalized spacial score (nSPS) is 11.3. The zero-order chi connectivity index (χ0) is 21.1. The number of carbonyl (C=O) groups excluding carboxylic acids is 1. The molecule has 0 spiro atoms. The van der Waals surface area contributed by atoms with Gasteiger partial charge in [-0.2, -0.15) is 5.26 Å². The van der Waals surface area contributed by atoms with E-state index >= 15 is 0 Å². The van der Waals surface area contributed by atoms with Gasteiger partial charge in [-0.3, -0.25) is 4.79 Å². The lowest BCUT2D eigenvalue weighted by Crippen LogP contribution is -2.12. The summed E-state index contributed by atoms with van der Waals surface area (Å²) >= 11 is 0. The number of benzene rings is 1. The van der Waals surface area contributed by atoms with Gasteiger partial charge in [0.1, 0.15) is 29.4 Å². The quantitative estimate of drug-likeness (QED) is 0.351. The van der Waals surface area contributed by atoms with Crippen LogP contribution in [-0.4, -0.2) is 32.9 Å². The van der Waals surface area contributed by atoms with Crippen molar-refractivity contribution < 1.29 is 4.79 Å². The molecule has 0 atom stereocenters. The van der Waals surface area contributed by atoms with Crippen molar-refractivity contribution >= 4 is 28.8 Å². The predicted molar refractivity (Wildman–Crippen MR) is 115 cm³/mol. The summed E-state index contributed by atoms with van der Waals surface area (Å²) in [5.74, 6) is -0.0329. The van der Waals surface area contributed by atoms with Gasteiger partial charge in [0, 0.05) is 42.0 Å². The Balaban J connectivity index is 1.79. The van der Waals surface area contributed by atoms with Crippen molar-refractivity contribution in [3.63, 3.8) is 0 Å². The second kappa shape index (κ2) is 7.85. The van der Waals surface area contributed by atoms with Crippen molar-refractivity contribution in [1.82, 2.24) is 19.9 Å². The maximum Gasteiger partial charge on any atom is 0.259 e. The van der Waals surface area contributed by atoms with E-state index in [9.17, 15) is 4.79 Å². The third-order valence-corrected chi connectivity index (χ3v) is 4.65. The van der Waals surface area contributed by atoms with Gasteiger partial charge in [0.15, 0.2) is 0 Å². The molecule has 0 radical (unpaired) electrons. The van der Waals surface area contributed by atoms with Gasteiger partial charge in [-0.15, -0.1) is 0 Å². The van der Waals surface area contributed by atoms with Crippen molar-refractivity contribution in [3.8, 4) is 28.5 Å². The molecule has 0 aliphatic heterocycles. The first kappa shape index (κ1) is 18.8. The summed E-state index contributed by atoms with van der Waals surface area (Å²) in [7, 11) is 1.80. The number of fused-ring (bicyclic) bond motifs is 1. The second-order valence-electron chi connectivity index (χ2n) is 6.52. The molecule has 1 aromatic carbocycles. The maximum absolute atomic E-state index is 11.3. The zero-order valence-electron chi connectivity index (χ0n) is 16.0. The second-order valence-corrected chi connectivity index (χ2v) is 6.52. The molecule has 4 N–H and O–H groups in total. The Bertz CT molecular complexity index is 1330. The fraction of sp³-hybridized carbons (Fsp3) is 0.0455. The number of amides is 1. The molecule has 0 saturated carbocycles. The van der Waals surface area contributed by atoms with E-state index in [0.29, 0.717) is 5.56 Å². The van der Waals surface area contributed by atoms with Crippen LogP contribution in [0.25, 0.3) is 39.5 Å². The maximum atomic E-state index is 11.3.